The molecule has 29 heavy (non-hydrogen) atoms. The van der Waals surface area contributed by atoms with Gasteiger partial charge in [-0.25, -0.2) is 0 Å². The molecule has 160 valence electrons. The zero-order valence-corrected chi connectivity index (χ0v) is 19.1. The van der Waals surface area contributed by atoms with Crippen LogP contribution in [-0.4, -0.2) is 56.6 Å². The molecule has 0 radical (unpaired) electrons. The van der Waals surface area contributed by atoms with Crippen molar-refractivity contribution in [3.05, 3.63) is 45.6 Å². The third kappa shape index (κ3) is 6.11. The second-order valence-corrected chi connectivity index (χ2v) is 8.32. The number of nitrogens with zero attached hydrogens (tertiary/aromatic N) is 2. The number of thiophene rings is 1. The smallest absolute Gasteiger partial charge is 0.254 e. The van der Waals surface area contributed by atoms with Crippen LogP contribution in [0.1, 0.15) is 40.1 Å². The number of carbonyl (C=O) groups is 1. The molecule has 3 rings (SSSR count). The van der Waals surface area contributed by atoms with Crippen LogP contribution >= 0.6 is 23.7 Å². The normalized spacial score (nSPS) is 12.8. The monoisotopic (exact) mass is 438 g/mol. The number of methoxy groups -OCH3 is 2. The Hall–Kier alpha value is -1.76. The number of amides is 1. The van der Waals surface area contributed by atoms with Crippen molar-refractivity contribution in [3.8, 4) is 11.5 Å². The summed E-state index contributed by atoms with van der Waals surface area (Å²) in [5, 5.41) is 2.14. The molecule has 5 nitrogen and oxygen atoms in total. The lowest BCUT2D eigenvalue weighted by Gasteiger charge is -2.20. The van der Waals surface area contributed by atoms with Crippen LogP contribution in [0.15, 0.2) is 29.6 Å². The Morgan fingerprint density at radius 1 is 1.10 bits per heavy atom. The Bertz CT molecular complexity index is 783. The average molecular weight is 439 g/mol. The van der Waals surface area contributed by atoms with Gasteiger partial charge in [-0.05, 0) is 75.0 Å². The van der Waals surface area contributed by atoms with E-state index in [4.69, 9.17) is 9.47 Å². The summed E-state index contributed by atoms with van der Waals surface area (Å²) in [4.78, 5) is 18.4. The largest absolute Gasteiger partial charge is 0.493 e. The summed E-state index contributed by atoms with van der Waals surface area (Å²) in [5.41, 5.74) is 1.75. The maximum Gasteiger partial charge on any atom is 0.254 e. The summed E-state index contributed by atoms with van der Waals surface area (Å²) < 4.78 is 10.7. The second kappa shape index (κ2) is 11.4. The molecular weight excluding hydrogens is 408 g/mol. The molecule has 0 saturated carbocycles. The quantitative estimate of drug-likeness (QED) is 0.485. The molecule has 0 atom stereocenters. The summed E-state index contributed by atoms with van der Waals surface area (Å²) in [6.07, 6.45) is 4.60. The third-order valence-electron chi connectivity index (χ3n) is 5.25. The lowest BCUT2D eigenvalue weighted by atomic mass is 10.1. The molecule has 2 aromatic rings. The highest BCUT2D eigenvalue weighted by Crippen LogP contribution is 2.34. The number of fused-ring (bicyclic) bond motifs is 1. The van der Waals surface area contributed by atoms with Crippen molar-refractivity contribution in [1.29, 1.82) is 0 Å². The Labute approximate surface area is 184 Å². The first-order valence-corrected chi connectivity index (χ1v) is 10.8. The molecular formula is C22H31ClN2O3S. The number of hydrogen-bond acceptors (Lipinski definition) is 5. The number of hydrogen-bond donors (Lipinski definition) is 0. The lowest BCUT2D eigenvalue weighted by molar-refractivity contribution is 0.0772. The van der Waals surface area contributed by atoms with E-state index < -0.39 is 0 Å². The first-order valence-electron chi connectivity index (χ1n) is 9.87. The highest BCUT2D eigenvalue weighted by atomic mass is 35.5. The molecule has 0 aliphatic carbocycles. The van der Waals surface area contributed by atoms with E-state index >= 15 is 0 Å². The Kier molecular flexibility index (Phi) is 9.27. The van der Waals surface area contributed by atoms with Gasteiger partial charge in [-0.3, -0.25) is 4.79 Å². The van der Waals surface area contributed by atoms with Gasteiger partial charge in [-0.1, -0.05) is 6.07 Å². The van der Waals surface area contributed by atoms with Crippen molar-refractivity contribution in [2.45, 2.75) is 32.2 Å². The minimum absolute atomic E-state index is 0. The lowest BCUT2D eigenvalue weighted by Crippen LogP contribution is -2.29. The van der Waals surface area contributed by atoms with Gasteiger partial charge in [-0.15, -0.1) is 23.7 Å². The Balaban J connectivity index is 0.00000300. The number of halogens is 1. The van der Waals surface area contributed by atoms with E-state index in [1.807, 2.05) is 22.3 Å². The molecule has 0 unspecified atom stereocenters. The molecule has 0 N–H and O–H groups in total. The van der Waals surface area contributed by atoms with Crippen LogP contribution < -0.4 is 9.47 Å². The number of aryl methyl sites for hydroxylation is 1. The summed E-state index contributed by atoms with van der Waals surface area (Å²) >= 11 is 1.84. The van der Waals surface area contributed by atoms with Crippen LogP contribution in [0.4, 0.5) is 0 Å². The SMILES string of the molecule is COc1cc2c(cc1OC)C(=O)N(CCCN(C)CCCCc1cccs1)C2.Cl. The summed E-state index contributed by atoms with van der Waals surface area (Å²) in [6.45, 7) is 3.54. The van der Waals surface area contributed by atoms with E-state index in [1.54, 1.807) is 20.3 Å². The number of ether oxygens (including phenoxy) is 2. The number of unbranched alkanes of at least 4 members (excludes halogenated alkanes) is 1. The molecule has 1 amide bonds. The van der Waals surface area contributed by atoms with Gasteiger partial charge in [0.05, 0.1) is 14.2 Å². The zero-order valence-electron chi connectivity index (χ0n) is 17.5. The molecule has 0 bridgehead atoms. The van der Waals surface area contributed by atoms with Gasteiger partial charge in [0.2, 0.25) is 0 Å². The third-order valence-corrected chi connectivity index (χ3v) is 6.19. The molecule has 1 aliphatic heterocycles. The van der Waals surface area contributed by atoms with E-state index in [0.717, 1.165) is 37.2 Å². The van der Waals surface area contributed by atoms with Crippen molar-refractivity contribution in [2.24, 2.45) is 0 Å². The number of rotatable bonds is 11. The van der Waals surface area contributed by atoms with E-state index in [-0.39, 0.29) is 18.3 Å². The maximum absolute atomic E-state index is 12.7. The zero-order chi connectivity index (χ0) is 19.9. The van der Waals surface area contributed by atoms with Crippen LogP contribution in [0.25, 0.3) is 0 Å². The first-order chi connectivity index (χ1) is 13.6. The summed E-state index contributed by atoms with van der Waals surface area (Å²) in [7, 11) is 5.38. The number of benzene rings is 1. The molecule has 1 aromatic carbocycles. The maximum atomic E-state index is 12.7. The van der Waals surface area contributed by atoms with Crippen molar-refractivity contribution >= 4 is 29.7 Å². The minimum Gasteiger partial charge on any atom is -0.493 e. The predicted octanol–water partition coefficient (Wildman–Crippen LogP) is 4.49. The van der Waals surface area contributed by atoms with Crippen molar-refractivity contribution in [1.82, 2.24) is 9.80 Å². The molecule has 7 heteroatoms. The van der Waals surface area contributed by atoms with Gasteiger partial charge in [-0.2, -0.15) is 0 Å². The van der Waals surface area contributed by atoms with Gasteiger partial charge < -0.3 is 19.3 Å². The highest BCUT2D eigenvalue weighted by molar-refractivity contribution is 7.09. The molecule has 0 fully saturated rings. The van der Waals surface area contributed by atoms with E-state index in [1.165, 1.54) is 24.1 Å². The van der Waals surface area contributed by atoms with E-state index in [2.05, 4.69) is 29.5 Å². The second-order valence-electron chi connectivity index (χ2n) is 7.28. The Morgan fingerprint density at radius 3 is 2.52 bits per heavy atom. The van der Waals surface area contributed by atoms with Crippen LogP contribution in [0.2, 0.25) is 0 Å². The van der Waals surface area contributed by atoms with E-state index in [0.29, 0.717) is 18.0 Å². The molecule has 0 spiro atoms. The fourth-order valence-corrected chi connectivity index (χ4v) is 4.41. The van der Waals surface area contributed by atoms with Crippen LogP contribution in [-0.2, 0) is 13.0 Å². The average Bonchev–Trinajstić information content (AvgIpc) is 3.32. The molecule has 2 heterocycles. The van der Waals surface area contributed by atoms with Gasteiger partial charge in [0, 0.05) is 23.5 Å². The van der Waals surface area contributed by atoms with E-state index in [9.17, 15) is 4.79 Å². The van der Waals surface area contributed by atoms with Crippen LogP contribution in [0, 0.1) is 0 Å². The van der Waals surface area contributed by atoms with Crippen LogP contribution in [0.5, 0.6) is 11.5 Å². The van der Waals surface area contributed by atoms with Gasteiger partial charge in [0.15, 0.2) is 11.5 Å². The fraction of sp³-hybridized carbons (Fsp3) is 0.500. The topological polar surface area (TPSA) is 42.0 Å². The summed E-state index contributed by atoms with van der Waals surface area (Å²) in [5.74, 6) is 1.38. The highest BCUT2D eigenvalue weighted by Gasteiger charge is 2.29. The number of carbonyl (C=O) groups excluding carboxylic acids is 1. The van der Waals surface area contributed by atoms with Gasteiger partial charge in [0.1, 0.15) is 0 Å². The molecule has 1 aliphatic rings. The van der Waals surface area contributed by atoms with Gasteiger partial charge in [0.25, 0.3) is 5.91 Å². The molecule has 1 aromatic heterocycles. The predicted molar refractivity (Wildman–Crippen MR) is 121 cm³/mol. The Morgan fingerprint density at radius 2 is 1.83 bits per heavy atom. The minimum atomic E-state index is 0. The van der Waals surface area contributed by atoms with Crippen molar-refractivity contribution in [2.75, 3.05) is 40.9 Å². The van der Waals surface area contributed by atoms with Crippen molar-refractivity contribution < 1.29 is 14.3 Å². The summed E-state index contributed by atoms with van der Waals surface area (Å²) in [6, 6.07) is 8.06. The standard InChI is InChI=1S/C22H30N2O3S.ClH/c1-23(10-5-4-8-18-9-6-13-28-18)11-7-12-24-16-17-14-20(26-2)21(27-3)15-19(17)22(24)25;/h6,9,13-15H,4-5,7-8,10-12,16H2,1-3H3;1H. The fourth-order valence-electron chi connectivity index (χ4n) is 3.66. The first kappa shape index (κ1) is 23.5. The van der Waals surface area contributed by atoms with Crippen molar-refractivity contribution in [3.63, 3.8) is 0 Å². The molecule has 0 saturated heterocycles. The van der Waals surface area contributed by atoms with Crippen LogP contribution in [0.3, 0.4) is 0 Å². The van der Waals surface area contributed by atoms with Gasteiger partial charge >= 0.3 is 0 Å².